The number of carbonyl (C=O) groups is 1. The standard InChI is InChI=1S/C22H18ClN3O2/c23-21-20-18(15-6-4-7-16(12-15)19(28)10-5-11-27)13-26(22(20)25-14-24-21)17-8-2-1-3-9-17/h1-4,6-9,12-14,27H,5,10-11H2. The zero-order valence-electron chi connectivity index (χ0n) is 15.0. The van der Waals surface area contributed by atoms with Crippen LogP contribution < -0.4 is 0 Å². The van der Waals surface area contributed by atoms with Crippen molar-refractivity contribution in [2.24, 2.45) is 0 Å². The van der Waals surface area contributed by atoms with Crippen molar-refractivity contribution in [3.8, 4) is 16.8 Å². The van der Waals surface area contributed by atoms with Gasteiger partial charge in [0.25, 0.3) is 0 Å². The number of nitrogens with zero attached hydrogens (tertiary/aromatic N) is 3. The lowest BCUT2D eigenvalue weighted by atomic mass is 10.00. The van der Waals surface area contributed by atoms with Crippen molar-refractivity contribution in [2.45, 2.75) is 12.8 Å². The highest BCUT2D eigenvalue weighted by Crippen LogP contribution is 2.35. The van der Waals surface area contributed by atoms with Gasteiger partial charge in [0.05, 0.1) is 5.39 Å². The van der Waals surface area contributed by atoms with Crippen LogP contribution in [0.3, 0.4) is 0 Å². The maximum Gasteiger partial charge on any atom is 0.162 e. The van der Waals surface area contributed by atoms with Gasteiger partial charge in [0, 0.05) is 36.0 Å². The van der Waals surface area contributed by atoms with Gasteiger partial charge in [-0.05, 0) is 30.2 Å². The van der Waals surface area contributed by atoms with Gasteiger partial charge >= 0.3 is 0 Å². The van der Waals surface area contributed by atoms with Crippen LogP contribution in [-0.4, -0.2) is 32.0 Å². The molecular weight excluding hydrogens is 374 g/mol. The van der Waals surface area contributed by atoms with E-state index in [0.717, 1.165) is 22.2 Å². The molecule has 0 bridgehead atoms. The highest BCUT2D eigenvalue weighted by molar-refractivity contribution is 6.35. The number of carbonyl (C=O) groups excluding carboxylic acids is 1. The molecule has 4 rings (SSSR count). The highest BCUT2D eigenvalue weighted by atomic mass is 35.5. The van der Waals surface area contributed by atoms with Gasteiger partial charge in [-0.2, -0.15) is 0 Å². The van der Waals surface area contributed by atoms with Crippen molar-refractivity contribution in [1.29, 1.82) is 0 Å². The van der Waals surface area contributed by atoms with Gasteiger partial charge in [-0.15, -0.1) is 0 Å². The van der Waals surface area contributed by atoms with E-state index in [1.54, 1.807) is 6.07 Å². The number of fused-ring (bicyclic) bond motifs is 1. The molecule has 140 valence electrons. The Morgan fingerprint density at radius 1 is 1.07 bits per heavy atom. The summed E-state index contributed by atoms with van der Waals surface area (Å²) in [6, 6.07) is 17.3. The normalized spacial score (nSPS) is 11.1. The van der Waals surface area contributed by atoms with Crippen LogP contribution in [0.5, 0.6) is 0 Å². The SMILES string of the molecule is O=C(CCCO)c1cccc(-c2cn(-c3ccccc3)c3ncnc(Cl)c23)c1. The molecule has 5 nitrogen and oxygen atoms in total. The topological polar surface area (TPSA) is 68.0 Å². The van der Waals surface area contributed by atoms with Crippen molar-refractivity contribution in [3.63, 3.8) is 0 Å². The van der Waals surface area contributed by atoms with E-state index >= 15 is 0 Å². The Hall–Kier alpha value is -3.02. The van der Waals surface area contributed by atoms with Gasteiger partial charge in [0.1, 0.15) is 17.1 Å². The third kappa shape index (κ3) is 3.42. The Morgan fingerprint density at radius 2 is 1.89 bits per heavy atom. The molecule has 0 unspecified atom stereocenters. The fraction of sp³-hybridized carbons (Fsp3) is 0.136. The molecule has 0 aliphatic heterocycles. The first-order chi connectivity index (χ1) is 13.7. The van der Waals surface area contributed by atoms with E-state index in [1.165, 1.54) is 6.33 Å². The number of benzene rings is 2. The summed E-state index contributed by atoms with van der Waals surface area (Å²) in [6.45, 7) is 0.00292. The summed E-state index contributed by atoms with van der Waals surface area (Å²) in [5.41, 5.74) is 4.01. The zero-order valence-corrected chi connectivity index (χ0v) is 15.8. The van der Waals surface area contributed by atoms with E-state index in [1.807, 2.05) is 59.3 Å². The largest absolute Gasteiger partial charge is 0.396 e. The maximum atomic E-state index is 12.4. The second kappa shape index (κ2) is 7.92. The lowest BCUT2D eigenvalue weighted by Crippen LogP contribution is -2.00. The van der Waals surface area contributed by atoms with Crippen LogP contribution in [0.4, 0.5) is 0 Å². The van der Waals surface area contributed by atoms with Crippen molar-refractivity contribution in [2.75, 3.05) is 6.61 Å². The molecule has 0 saturated carbocycles. The van der Waals surface area contributed by atoms with Crippen LogP contribution >= 0.6 is 11.6 Å². The van der Waals surface area contributed by atoms with Crippen LogP contribution in [0.15, 0.2) is 67.1 Å². The third-order valence-corrected chi connectivity index (χ3v) is 4.92. The summed E-state index contributed by atoms with van der Waals surface area (Å²) >= 11 is 6.42. The number of ketones is 1. The lowest BCUT2D eigenvalue weighted by molar-refractivity contribution is 0.0971. The molecule has 28 heavy (non-hydrogen) atoms. The molecule has 6 heteroatoms. The van der Waals surface area contributed by atoms with Crippen molar-refractivity contribution in [3.05, 3.63) is 77.8 Å². The third-order valence-electron chi connectivity index (χ3n) is 4.63. The first-order valence-electron chi connectivity index (χ1n) is 9.00. The van der Waals surface area contributed by atoms with E-state index < -0.39 is 0 Å². The molecule has 0 atom stereocenters. The van der Waals surface area contributed by atoms with Gasteiger partial charge in [-0.3, -0.25) is 4.79 Å². The molecule has 2 heterocycles. The number of para-hydroxylation sites is 1. The number of aliphatic hydroxyl groups excluding tert-OH is 1. The van der Waals surface area contributed by atoms with Crippen LogP contribution in [0.25, 0.3) is 27.8 Å². The number of hydrogen-bond acceptors (Lipinski definition) is 4. The summed E-state index contributed by atoms with van der Waals surface area (Å²) in [5, 5.41) is 10.1. The van der Waals surface area contributed by atoms with Crippen LogP contribution in [0.1, 0.15) is 23.2 Å². The average molecular weight is 392 g/mol. The molecule has 0 amide bonds. The smallest absolute Gasteiger partial charge is 0.162 e. The van der Waals surface area contributed by atoms with Crippen molar-refractivity contribution >= 4 is 28.4 Å². The van der Waals surface area contributed by atoms with Crippen LogP contribution in [0, 0.1) is 0 Å². The molecule has 0 fully saturated rings. The summed E-state index contributed by atoms with van der Waals surface area (Å²) in [4.78, 5) is 21.0. The minimum Gasteiger partial charge on any atom is -0.396 e. The number of hydrogen-bond donors (Lipinski definition) is 1. The van der Waals surface area contributed by atoms with Gasteiger partial charge in [0.2, 0.25) is 0 Å². The molecule has 2 aromatic carbocycles. The van der Waals surface area contributed by atoms with E-state index in [4.69, 9.17) is 16.7 Å². The molecule has 0 saturated heterocycles. The van der Waals surface area contributed by atoms with Crippen molar-refractivity contribution < 1.29 is 9.90 Å². The number of aliphatic hydroxyl groups is 1. The Balaban J connectivity index is 1.87. The molecule has 1 N–H and O–H groups in total. The van der Waals surface area contributed by atoms with Gasteiger partial charge in [-0.25, -0.2) is 9.97 Å². The highest BCUT2D eigenvalue weighted by Gasteiger charge is 2.17. The molecule has 0 spiro atoms. The molecule has 2 aromatic heterocycles. The minimum atomic E-state index is 0.00292. The minimum absolute atomic E-state index is 0.00292. The zero-order chi connectivity index (χ0) is 19.5. The second-order valence-electron chi connectivity index (χ2n) is 6.44. The summed E-state index contributed by atoms with van der Waals surface area (Å²) < 4.78 is 1.97. The Labute approximate surface area is 167 Å². The fourth-order valence-electron chi connectivity index (χ4n) is 3.27. The van der Waals surface area contributed by atoms with E-state index in [2.05, 4.69) is 9.97 Å². The first-order valence-corrected chi connectivity index (χ1v) is 9.38. The monoisotopic (exact) mass is 391 g/mol. The van der Waals surface area contributed by atoms with Gasteiger partial charge < -0.3 is 9.67 Å². The van der Waals surface area contributed by atoms with Crippen molar-refractivity contribution in [1.82, 2.24) is 14.5 Å². The average Bonchev–Trinajstić information content (AvgIpc) is 3.14. The van der Waals surface area contributed by atoms with Crippen LogP contribution in [-0.2, 0) is 0 Å². The Bertz CT molecular complexity index is 1140. The molecule has 0 radical (unpaired) electrons. The quantitative estimate of drug-likeness (QED) is 0.382. The predicted molar refractivity (Wildman–Crippen MR) is 110 cm³/mol. The van der Waals surface area contributed by atoms with E-state index in [9.17, 15) is 4.79 Å². The molecule has 0 aliphatic carbocycles. The number of halogens is 1. The molecule has 0 aliphatic rings. The fourth-order valence-corrected chi connectivity index (χ4v) is 3.50. The number of rotatable bonds is 6. The van der Waals surface area contributed by atoms with E-state index in [0.29, 0.717) is 29.2 Å². The van der Waals surface area contributed by atoms with Gasteiger partial charge in [0.15, 0.2) is 5.78 Å². The maximum absolute atomic E-state index is 12.4. The Kier molecular flexibility index (Phi) is 5.19. The summed E-state index contributed by atoms with van der Waals surface area (Å²) in [7, 11) is 0. The predicted octanol–water partition coefficient (Wildman–Crippen LogP) is 4.70. The number of aromatic nitrogens is 3. The van der Waals surface area contributed by atoms with Crippen LogP contribution in [0.2, 0.25) is 5.15 Å². The summed E-state index contributed by atoms with van der Waals surface area (Å²) in [6.07, 6.45) is 4.19. The first kappa shape index (κ1) is 18.3. The van der Waals surface area contributed by atoms with E-state index in [-0.39, 0.29) is 12.4 Å². The Morgan fingerprint density at radius 3 is 2.68 bits per heavy atom. The second-order valence-corrected chi connectivity index (χ2v) is 6.80. The molecule has 4 aromatic rings. The lowest BCUT2D eigenvalue weighted by Gasteiger charge is -2.04. The molecular formula is C22H18ClN3O2. The summed E-state index contributed by atoms with van der Waals surface area (Å²) in [5.74, 6) is 0.00467. The van der Waals surface area contributed by atoms with Gasteiger partial charge in [-0.1, -0.05) is 48.0 Å². The number of Topliss-reactive ketones (excluding diaryl/α,β-unsaturated/α-hetero) is 1.